The van der Waals surface area contributed by atoms with Crippen molar-refractivity contribution < 1.29 is 14.8 Å². The first-order valence-electron chi connectivity index (χ1n) is 5.76. The van der Waals surface area contributed by atoms with Gasteiger partial charge < -0.3 is 10.4 Å². The van der Waals surface area contributed by atoms with Gasteiger partial charge in [-0.15, -0.1) is 12.3 Å². The number of nitro groups is 1. The molecule has 0 amide bonds. The van der Waals surface area contributed by atoms with Crippen LogP contribution in [0.3, 0.4) is 0 Å². The van der Waals surface area contributed by atoms with Crippen LogP contribution in [0.5, 0.6) is 0 Å². The molecule has 0 unspecified atom stereocenters. The second-order valence-electron chi connectivity index (χ2n) is 3.85. The summed E-state index contributed by atoms with van der Waals surface area (Å²) in [4.78, 5) is 21.2. The van der Waals surface area contributed by atoms with Gasteiger partial charge in [-0.3, -0.25) is 10.1 Å². The zero-order valence-corrected chi connectivity index (χ0v) is 10.3. The van der Waals surface area contributed by atoms with Crippen LogP contribution in [0.1, 0.15) is 29.6 Å². The monoisotopic (exact) mass is 262 g/mol. The number of benzene rings is 1. The molecule has 0 aliphatic heterocycles. The molecule has 100 valence electrons. The van der Waals surface area contributed by atoms with Crippen molar-refractivity contribution in [2.24, 2.45) is 0 Å². The Morgan fingerprint density at radius 1 is 1.47 bits per heavy atom. The first kappa shape index (κ1) is 14.5. The maximum absolute atomic E-state index is 11.0. The van der Waals surface area contributed by atoms with Crippen molar-refractivity contribution in [3.63, 3.8) is 0 Å². The zero-order valence-electron chi connectivity index (χ0n) is 10.3. The van der Waals surface area contributed by atoms with Gasteiger partial charge in [0.25, 0.3) is 0 Å². The lowest BCUT2D eigenvalue weighted by atomic mass is 10.1. The van der Waals surface area contributed by atoms with Gasteiger partial charge in [0.2, 0.25) is 0 Å². The molecule has 1 aromatic carbocycles. The van der Waals surface area contributed by atoms with Gasteiger partial charge >= 0.3 is 11.7 Å². The average Bonchev–Trinajstić information content (AvgIpc) is 2.37. The van der Waals surface area contributed by atoms with Crippen LogP contribution in [-0.2, 0) is 0 Å². The van der Waals surface area contributed by atoms with Crippen molar-refractivity contribution in [3.05, 3.63) is 33.9 Å². The van der Waals surface area contributed by atoms with E-state index in [2.05, 4.69) is 11.2 Å². The molecule has 0 heterocycles. The van der Waals surface area contributed by atoms with Crippen LogP contribution >= 0.6 is 0 Å². The Labute approximate surface area is 110 Å². The van der Waals surface area contributed by atoms with Crippen LogP contribution in [0.15, 0.2) is 18.2 Å². The molecule has 0 saturated heterocycles. The highest BCUT2D eigenvalue weighted by Gasteiger charge is 2.23. The summed E-state index contributed by atoms with van der Waals surface area (Å²) in [7, 11) is 0. The van der Waals surface area contributed by atoms with Crippen molar-refractivity contribution in [2.75, 3.05) is 11.9 Å². The molecule has 1 aromatic rings. The summed E-state index contributed by atoms with van der Waals surface area (Å²) in [6.07, 6.45) is 7.34. The number of hydrogen-bond acceptors (Lipinski definition) is 4. The fourth-order valence-electron chi connectivity index (χ4n) is 1.63. The van der Waals surface area contributed by atoms with E-state index in [0.29, 0.717) is 13.0 Å². The topological polar surface area (TPSA) is 92.5 Å². The second-order valence-corrected chi connectivity index (χ2v) is 3.85. The van der Waals surface area contributed by atoms with Gasteiger partial charge in [-0.05, 0) is 25.0 Å². The molecule has 2 N–H and O–H groups in total. The number of hydrogen-bond donors (Lipinski definition) is 2. The first-order valence-corrected chi connectivity index (χ1v) is 5.76. The number of nitrogens with zero attached hydrogens (tertiary/aromatic N) is 1. The lowest BCUT2D eigenvalue weighted by molar-refractivity contribution is -0.384. The lowest BCUT2D eigenvalue weighted by Gasteiger charge is -2.08. The highest BCUT2D eigenvalue weighted by molar-refractivity contribution is 5.95. The van der Waals surface area contributed by atoms with Crippen LogP contribution in [0.4, 0.5) is 11.4 Å². The Hall–Kier alpha value is -2.55. The number of aromatic carboxylic acids is 1. The Morgan fingerprint density at radius 3 is 2.79 bits per heavy atom. The number of terminal acetylenes is 1. The maximum atomic E-state index is 11.0. The Morgan fingerprint density at radius 2 is 2.21 bits per heavy atom. The number of carboxylic acids is 1. The number of rotatable bonds is 7. The smallest absolute Gasteiger partial charge is 0.342 e. The molecule has 0 aromatic heterocycles. The van der Waals surface area contributed by atoms with Crippen LogP contribution < -0.4 is 5.32 Å². The van der Waals surface area contributed by atoms with Crippen molar-refractivity contribution >= 4 is 17.3 Å². The predicted octanol–water partition coefficient (Wildman–Crippen LogP) is 2.51. The van der Waals surface area contributed by atoms with E-state index in [4.69, 9.17) is 11.5 Å². The highest BCUT2D eigenvalue weighted by atomic mass is 16.6. The third kappa shape index (κ3) is 4.00. The summed E-state index contributed by atoms with van der Waals surface area (Å²) in [6.45, 7) is 0.506. The highest BCUT2D eigenvalue weighted by Crippen LogP contribution is 2.28. The van der Waals surface area contributed by atoms with Gasteiger partial charge in [0, 0.05) is 13.0 Å². The molecule has 0 radical (unpaired) electrons. The van der Waals surface area contributed by atoms with E-state index in [1.54, 1.807) is 0 Å². The summed E-state index contributed by atoms with van der Waals surface area (Å²) >= 11 is 0. The van der Waals surface area contributed by atoms with E-state index in [1.807, 2.05) is 0 Å². The van der Waals surface area contributed by atoms with E-state index in [0.717, 1.165) is 12.8 Å². The molecule has 0 fully saturated rings. The van der Waals surface area contributed by atoms with Crippen molar-refractivity contribution in [1.82, 2.24) is 0 Å². The minimum Gasteiger partial charge on any atom is -0.477 e. The maximum Gasteiger partial charge on any atom is 0.342 e. The van der Waals surface area contributed by atoms with Gasteiger partial charge in [0.05, 0.1) is 4.92 Å². The molecule has 6 nitrogen and oxygen atoms in total. The molecule has 0 atom stereocenters. The van der Waals surface area contributed by atoms with Crippen molar-refractivity contribution in [1.29, 1.82) is 0 Å². The number of nitro benzene ring substituents is 1. The Bertz CT molecular complexity index is 520. The molecule has 6 heteroatoms. The van der Waals surface area contributed by atoms with Crippen molar-refractivity contribution in [2.45, 2.75) is 19.3 Å². The number of nitrogens with one attached hydrogen (secondary N) is 1. The van der Waals surface area contributed by atoms with Crippen molar-refractivity contribution in [3.8, 4) is 12.3 Å². The fraction of sp³-hybridized carbons (Fsp3) is 0.308. The average molecular weight is 262 g/mol. The summed E-state index contributed by atoms with van der Waals surface area (Å²) in [5.74, 6) is 1.19. The summed E-state index contributed by atoms with van der Waals surface area (Å²) < 4.78 is 0. The van der Waals surface area contributed by atoms with Crippen LogP contribution in [0.25, 0.3) is 0 Å². The molecular formula is C13H14N2O4. The predicted molar refractivity (Wildman–Crippen MR) is 71.2 cm³/mol. The molecular weight excluding hydrogens is 248 g/mol. The molecule has 0 saturated carbocycles. The molecule has 0 bridgehead atoms. The second kappa shape index (κ2) is 7.01. The Kier molecular flexibility index (Phi) is 5.35. The fourth-order valence-corrected chi connectivity index (χ4v) is 1.63. The van der Waals surface area contributed by atoms with Gasteiger partial charge in [0.1, 0.15) is 11.3 Å². The zero-order chi connectivity index (χ0) is 14.3. The third-order valence-electron chi connectivity index (χ3n) is 2.51. The molecule has 0 aliphatic rings. The van der Waals surface area contributed by atoms with Crippen LogP contribution in [-0.4, -0.2) is 22.5 Å². The molecule has 1 rings (SSSR count). The summed E-state index contributed by atoms with van der Waals surface area (Å²) in [5.41, 5.74) is -0.517. The number of carbonyl (C=O) groups is 1. The SMILES string of the molecule is C#CCCCCNc1cccc(C(=O)O)c1[N+](=O)[O-]. The summed E-state index contributed by atoms with van der Waals surface area (Å²) in [5, 5.41) is 22.8. The van der Waals surface area contributed by atoms with E-state index < -0.39 is 16.6 Å². The van der Waals surface area contributed by atoms with Crippen LogP contribution in [0.2, 0.25) is 0 Å². The van der Waals surface area contributed by atoms with Gasteiger partial charge in [0.15, 0.2) is 0 Å². The van der Waals surface area contributed by atoms with Gasteiger partial charge in [-0.1, -0.05) is 6.07 Å². The minimum absolute atomic E-state index is 0.214. The van der Waals surface area contributed by atoms with E-state index in [1.165, 1.54) is 18.2 Å². The number of carboxylic acid groups (broad SMARTS) is 1. The van der Waals surface area contributed by atoms with E-state index >= 15 is 0 Å². The lowest BCUT2D eigenvalue weighted by Crippen LogP contribution is -2.08. The molecule has 19 heavy (non-hydrogen) atoms. The Balaban J connectivity index is 2.83. The largest absolute Gasteiger partial charge is 0.477 e. The standard InChI is InChI=1S/C13H14N2O4/c1-2-3-4-5-9-14-11-8-6-7-10(13(16)17)12(11)15(18)19/h1,6-8,14H,3-5,9H2,(H,16,17). The van der Waals surface area contributed by atoms with Gasteiger partial charge in [-0.25, -0.2) is 4.79 Å². The number of anilines is 1. The normalized spacial score (nSPS) is 9.63. The third-order valence-corrected chi connectivity index (χ3v) is 2.51. The minimum atomic E-state index is -1.32. The number of unbranched alkanes of at least 4 members (excludes halogenated alkanes) is 2. The van der Waals surface area contributed by atoms with Gasteiger partial charge in [-0.2, -0.15) is 0 Å². The van der Waals surface area contributed by atoms with Crippen LogP contribution in [0, 0.1) is 22.5 Å². The molecule has 0 spiro atoms. The number of para-hydroxylation sites is 1. The first-order chi connectivity index (χ1) is 9.07. The quantitative estimate of drug-likeness (QED) is 0.341. The van der Waals surface area contributed by atoms with E-state index in [-0.39, 0.29) is 11.3 Å². The molecule has 0 aliphatic carbocycles. The summed E-state index contributed by atoms with van der Waals surface area (Å²) in [6, 6.07) is 4.18. The van der Waals surface area contributed by atoms with E-state index in [9.17, 15) is 14.9 Å².